The molecular weight excluding hydrogens is 286 g/mol. The lowest BCUT2D eigenvalue weighted by Crippen LogP contribution is -2.36. The van der Waals surface area contributed by atoms with Crippen molar-refractivity contribution in [2.45, 2.75) is 24.3 Å². The van der Waals surface area contributed by atoms with Gasteiger partial charge in [-0.15, -0.1) is 0 Å². The molecule has 0 spiro atoms. The Labute approximate surface area is 124 Å². The highest BCUT2D eigenvalue weighted by atomic mass is 32.2. The van der Waals surface area contributed by atoms with E-state index in [1.807, 2.05) is 19.1 Å². The SMILES string of the molecule is Cc1cccc(S(=O)(=O)N2CCC(O)c3ccccc32)c1. The monoisotopic (exact) mass is 303 g/mol. The van der Waals surface area contributed by atoms with Gasteiger partial charge in [-0.05, 0) is 37.1 Å². The zero-order chi connectivity index (χ0) is 15.0. The largest absolute Gasteiger partial charge is 0.388 e. The summed E-state index contributed by atoms with van der Waals surface area (Å²) in [5, 5.41) is 10.0. The minimum Gasteiger partial charge on any atom is -0.388 e. The van der Waals surface area contributed by atoms with Crippen molar-refractivity contribution in [2.24, 2.45) is 0 Å². The van der Waals surface area contributed by atoms with E-state index in [1.165, 1.54) is 4.31 Å². The standard InChI is InChI=1S/C16H17NO3S/c1-12-5-4-6-13(11-12)21(19,20)17-10-9-16(18)14-7-2-3-8-15(14)17/h2-8,11,16,18H,9-10H2,1H3. The number of anilines is 1. The van der Waals surface area contributed by atoms with Crippen LogP contribution in [-0.4, -0.2) is 20.1 Å². The Balaban J connectivity index is 2.11. The number of fused-ring (bicyclic) bond motifs is 1. The van der Waals surface area contributed by atoms with Crippen LogP contribution in [0, 0.1) is 6.92 Å². The Hall–Kier alpha value is -1.85. The van der Waals surface area contributed by atoms with Crippen LogP contribution in [0.3, 0.4) is 0 Å². The minimum absolute atomic E-state index is 0.286. The van der Waals surface area contributed by atoms with E-state index >= 15 is 0 Å². The molecule has 0 bridgehead atoms. The van der Waals surface area contributed by atoms with Crippen LogP contribution in [0.5, 0.6) is 0 Å². The average Bonchev–Trinajstić information content (AvgIpc) is 2.47. The number of nitrogens with zero attached hydrogens (tertiary/aromatic N) is 1. The van der Waals surface area contributed by atoms with Crippen molar-refractivity contribution in [3.05, 3.63) is 59.7 Å². The first-order chi connectivity index (χ1) is 10.00. The lowest BCUT2D eigenvalue weighted by atomic mass is 10.0. The van der Waals surface area contributed by atoms with E-state index in [1.54, 1.807) is 36.4 Å². The summed E-state index contributed by atoms with van der Waals surface area (Å²) in [6, 6.07) is 14.0. The molecule has 0 aromatic heterocycles. The molecule has 3 rings (SSSR count). The molecule has 4 nitrogen and oxygen atoms in total. The van der Waals surface area contributed by atoms with Gasteiger partial charge in [0.15, 0.2) is 0 Å². The molecule has 1 atom stereocenters. The number of sulfonamides is 1. The summed E-state index contributed by atoms with van der Waals surface area (Å²) in [4.78, 5) is 0.286. The second-order valence-electron chi connectivity index (χ2n) is 5.26. The number of hydrogen-bond acceptors (Lipinski definition) is 3. The van der Waals surface area contributed by atoms with Gasteiger partial charge in [-0.1, -0.05) is 30.3 Å². The maximum absolute atomic E-state index is 12.9. The van der Waals surface area contributed by atoms with Gasteiger partial charge in [0.25, 0.3) is 10.0 Å². The van der Waals surface area contributed by atoms with Gasteiger partial charge in [0.2, 0.25) is 0 Å². The van der Waals surface area contributed by atoms with Crippen molar-refractivity contribution in [3.63, 3.8) is 0 Å². The third-order valence-corrected chi connectivity index (χ3v) is 5.56. The predicted octanol–water partition coefficient (Wildman–Crippen LogP) is 2.63. The van der Waals surface area contributed by atoms with E-state index in [9.17, 15) is 13.5 Å². The fourth-order valence-corrected chi connectivity index (χ4v) is 4.28. The zero-order valence-corrected chi connectivity index (χ0v) is 12.5. The van der Waals surface area contributed by atoms with Crippen LogP contribution in [0.25, 0.3) is 0 Å². The second-order valence-corrected chi connectivity index (χ2v) is 7.12. The molecule has 0 fully saturated rings. The van der Waals surface area contributed by atoms with Gasteiger partial charge in [0, 0.05) is 12.1 Å². The van der Waals surface area contributed by atoms with Crippen molar-refractivity contribution in [3.8, 4) is 0 Å². The first kappa shape index (κ1) is 14.1. The molecule has 1 aliphatic rings. The highest BCUT2D eigenvalue weighted by molar-refractivity contribution is 7.92. The Kier molecular flexibility index (Phi) is 3.47. The lowest BCUT2D eigenvalue weighted by molar-refractivity contribution is 0.166. The number of aliphatic hydroxyl groups is 1. The van der Waals surface area contributed by atoms with Crippen LogP contribution < -0.4 is 4.31 Å². The van der Waals surface area contributed by atoms with Crippen molar-refractivity contribution < 1.29 is 13.5 Å². The Morgan fingerprint density at radius 2 is 1.90 bits per heavy atom. The number of aryl methyl sites for hydroxylation is 1. The third-order valence-electron chi connectivity index (χ3n) is 3.75. The zero-order valence-electron chi connectivity index (χ0n) is 11.7. The first-order valence-corrected chi connectivity index (χ1v) is 8.30. The molecule has 1 N–H and O–H groups in total. The molecule has 0 saturated heterocycles. The third kappa shape index (κ3) is 2.43. The highest BCUT2D eigenvalue weighted by Crippen LogP contribution is 2.36. The lowest BCUT2D eigenvalue weighted by Gasteiger charge is -2.33. The molecule has 0 amide bonds. The van der Waals surface area contributed by atoms with Gasteiger partial charge in [-0.3, -0.25) is 4.31 Å². The number of rotatable bonds is 2. The van der Waals surface area contributed by atoms with Crippen molar-refractivity contribution in [1.29, 1.82) is 0 Å². The summed E-state index contributed by atoms with van der Waals surface area (Å²) in [6.45, 7) is 2.15. The molecule has 0 aliphatic carbocycles. The maximum Gasteiger partial charge on any atom is 0.264 e. The van der Waals surface area contributed by atoms with E-state index in [2.05, 4.69) is 0 Å². The van der Waals surface area contributed by atoms with Gasteiger partial charge in [0.05, 0.1) is 16.7 Å². The minimum atomic E-state index is -3.60. The predicted molar refractivity (Wildman–Crippen MR) is 81.7 cm³/mol. The molecule has 1 heterocycles. The van der Waals surface area contributed by atoms with Crippen LogP contribution in [0.1, 0.15) is 23.7 Å². The summed E-state index contributed by atoms with van der Waals surface area (Å²) in [7, 11) is -3.60. The summed E-state index contributed by atoms with van der Waals surface area (Å²) in [5.74, 6) is 0. The fraction of sp³-hybridized carbons (Fsp3) is 0.250. The van der Waals surface area contributed by atoms with E-state index in [0.717, 1.165) is 5.56 Å². The van der Waals surface area contributed by atoms with Crippen molar-refractivity contribution in [2.75, 3.05) is 10.8 Å². The Morgan fingerprint density at radius 3 is 2.67 bits per heavy atom. The van der Waals surface area contributed by atoms with E-state index in [4.69, 9.17) is 0 Å². The average molecular weight is 303 g/mol. The molecule has 110 valence electrons. The molecule has 21 heavy (non-hydrogen) atoms. The molecule has 2 aromatic rings. The van der Waals surface area contributed by atoms with Crippen LogP contribution in [0.2, 0.25) is 0 Å². The second kappa shape index (κ2) is 5.16. The number of aliphatic hydroxyl groups excluding tert-OH is 1. The molecule has 5 heteroatoms. The van der Waals surface area contributed by atoms with E-state index in [-0.39, 0.29) is 11.4 Å². The fourth-order valence-electron chi connectivity index (χ4n) is 2.66. The quantitative estimate of drug-likeness (QED) is 0.928. The van der Waals surface area contributed by atoms with E-state index in [0.29, 0.717) is 17.7 Å². The van der Waals surface area contributed by atoms with Crippen LogP contribution in [0.15, 0.2) is 53.4 Å². The maximum atomic E-state index is 12.9. The van der Waals surface area contributed by atoms with Gasteiger partial charge >= 0.3 is 0 Å². The van der Waals surface area contributed by atoms with Gasteiger partial charge in [-0.25, -0.2) is 8.42 Å². The van der Waals surface area contributed by atoms with Crippen LogP contribution in [-0.2, 0) is 10.0 Å². The van der Waals surface area contributed by atoms with Crippen molar-refractivity contribution >= 4 is 15.7 Å². The first-order valence-electron chi connectivity index (χ1n) is 6.86. The summed E-state index contributed by atoms with van der Waals surface area (Å²) in [6.07, 6.45) is -0.202. The van der Waals surface area contributed by atoms with E-state index < -0.39 is 16.1 Å². The normalized spacial score (nSPS) is 18.4. The molecule has 2 aromatic carbocycles. The van der Waals surface area contributed by atoms with Gasteiger partial charge in [-0.2, -0.15) is 0 Å². The number of benzene rings is 2. The molecular formula is C16H17NO3S. The Bertz CT molecular complexity index is 771. The topological polar surface area (TPSA) is 57.6 Å². The van der Waals surface area contributed by atoms with Crippen LogP contribution >= 0.6 is 0 Å². The smallest absolute Gasteiger partial charge is 0.264 e. The number of hydrogen-bond donors (Lipinski definition) is 1. The Morgan fingerprint density at radius 1 is 1.14 bits per heavy atom. The summed E-state index contributed by atoms with van der Waals surface area (Å²) in [5.41, 5.74) is 2.14. The van der Waals surface area contributed by atoms with Crippen molar-refractivity contribution in [1.82, 2.24) is 0 Å². The number of para-hydroxylation sites is 1. The molecule has 1 aliphatic heterocycles. The highest BCUT2D eigenvalue weighted by Gasteiger charge is 2.32. The van der Waals surface area contributed by atoms with Crippen LogP contribution in [0.4, 0.5) is 5.69 Å². The summed E-state index contributed by atoms with van der Waals surface area (Å²) >= 11 is 0. The molecule has 0 saturated carbocycles. The molecule has 0 radical (unpaired) electrons. The van der Waals surface area contributed by atoms with Gasteiger partial charge in [0.1, 0.15) is 0 Å². The van der Waals surface area contributed by atoms with Gasteiger partial charge < -0.3 is 5.11 Å². The molecule has 1 unspecified atom stereocenters. The summed E-state index contributed by atoms with van der Waals surface area (Å²) < 4.78 is 27.1.